The van der Waals surface area contributed by atoms with E-state index in [0.717, 1.165) is 0 Å². The summed E-state index contributed by atoms with van der Waals surface area (Å²) in [4.78, 5) is 17.3. The molecule has 0 amide bonds. The molecule has 0 atom stereocenters. The van der Waals surface area contributed by atoms with Gasteiger partial charge in [0, 0.05) is 4.47 Å². The first kappa shape index (κ1) is 14.5. The van der Waals surface area contributed by atoms with Crippen LogP contribution in [0.15, 0.2) is 33.9 Å². The number of anilines is 1. The normalized spacial score (nSPS) is 11.3. The van der Waals surface area contributed by atoms with Gasteiger partial charge < -0.3 is 10.1 Å². The van der Waals surface area contributed by atoms with Gasteiger partial charge in [-0.1, -0.05) is 0 Å². The summed E-state index contributed by atoms with van der Waals surface area (Å²) < 4.78 is 26.9. The lowest BCUT2D eigenvalue weighted by Gasteiger charge is -2.09. The molecule has 0 saturated carbocycles. The van der Waals surface area contributed by atoms with Crippen LogP contribution in [0.5, 0.6) is 0 Å². The number of imidazole rings is 1. The minimum absolute atomic E-state index is 0.0216. The average molecular weight is 360 g/mol. The maximum atomic E-state index is 12.1. The third kappa shape index (κ3) is 2.99. The highest BCUT2D eigenvalue weighted by Gasteiger charge is 2.18. The van der Waals surface area contributed by atoms with Crippen molar-refractivity contribution in [2.45, 2.75) is 11.9 Å². The first-order valence-corrected chi connectivity index (χ1v) is 7.64. The number of nitrogens with one attached hydrogen (secondary N) is 2. The average Bonchev–Trinajstić information content (AvgIpc) is 2.79. The molecule has 9 heteroatoms. The number of hydrogen-bond acceptors (Lipinski definition) is 4. The van der Waals surface area contributed by atoms with Gasteiger partial charge in [-0.15, -0.1) is 0 Å². The number of carboxylic acids is 1. The molecule has 20 heavy (non-hydrogen) atoms. The summed E-state index contributed by atoms with van der Waals surface area (Å²) >= 11 is 3.16. The van der Waals surface area contributed by atoms with Gasteiger partial charge in [-0.25, -0.2) is 9.78 Å². The molecule has 0 fully saturated rings. The fraction of sp³-hybridized carbons (Fsp3) is 0.0909. The summed E-state index contributed by atoms with van der Waals surface area (Å²) in [6.45, 7) is 1.62. The molecule has 1 aromatic heterocycles. The molecule has 2 rings (SSSR count). The lowest BCUT2D eigenvalue weighted by Crippen LogP contribution is -2.14. The highest BCUT2D eigenvalue weighted by atomic mass is 79.9. The summed E-state index contributed by atoms with van der Waals surface area (Å²) in [6.07, 6.45) is 1.19. The van der Waals surface area contributed by atoms with Crippen molar-refractivity contribution in [2.24, 2.45) is 0 Å². The van der Waals surface area contributed by atoms with Crippen LogP contribution in [-0.2, 0) is 10.0 Å². The number of rotatable bonds is 4. The fourth-order valence-electron chi connectivity index (χ4n) is 1.47. The number of benzene rings is 1. The largest absolute Gasteiger partial charge is 0.478 e. The Kier molecular flexibility index (Phi) is 3.82. The zero-order chi connectivity index (χ0) is 14.9. The molecule has 1 aromatic carbocycles. The Morgan fingerprint density at radius 1 is 1.45 bits per heavy atom. The Morgan fingerprint density at radius 3 is 2.70 bits per heavy atom. The van der Waals surface area contributed by atoms with Crippen LogP contribution in [0.1, 0.15) is 16.2 Å². The molecule has 1 heterocycles. The Balaban J connectivity index is 2.39. The van der Waals surface area contributed by atoms with E-state index in [1.54, 1.807) is 6.92 Å². The fourth-order valence-corrected chi connectivity index (χ4v) is 2.99. The van der Waals surface area contributed by atoms with Gasteiger partial charge in [-0.2, -0.15) is 8.42 Å². The molecule has 0 saturated heterocycles. The van der Waals surface area contributed by atoms with E-state index in [9.17, 15) is 13.2 Å². The van der Waals surface area contributed by atoms with E-state index < -0.39 is 16.0 Å². The number of aromatic carboxylic acids is 1. The third-order valence-electron chi connectivity index (χ3n) is 2.43. The molecule has 0 spiro atoms. The topological polar surface area (TPSA) is 112 Å². The molecule has 0 aliphatic heterocycles. The zero-order valence-corrected chi connectivity index (χ0v) is 12.6. The number of hydrogen-bond donors (Lipinski definition) is 3. The van der Waals surface area contributed by atoms with E-state index in [-0.39, 0.29) is 16.3 Å². The molecule has 0 unspecified atom stereocenters. The van der Waals surface area contributed by atoms with Crippen LogP contribution < -0.4 is 4.72 Å². The van der Waals surface area contributed by atoms with Crippen LogP contribution >= 0.6 is 15.9 Å². The summed E-state index contributed by atoms with van der Waals surface area (Å²) in [7, 11) is -3.85. The van der Waals surface area contributed by atoms with Gasteiger partial charge in [-0.3, -0.25) is 4.72 Å². The molecule has 2 aromatic rings. The predicted octanol–water partition coefficient (Wildman–Crippen LogP) is 1.98. The molecule has 106 valence electrons. The second-order valence-corrected chi connectivity index (χ2v) is 6.44. The minimum Gasteiger partial charge on any atom is -0.478 e. The molecule has 7 nitrogen and oxygen atoms in total. The number of nitrogens with zero attached hydrogens (tertiary/aromatic N) is 1. The monoisotopic (exact) mass is 359 g/mol. The summed E-state index contributed by atoms with van der Waals surface area (Å²) in [6, 6.07) is 4.05. The van der Waals surface area contributed by atoms with Crippen LogP contribution in [0.4, 0.5) is 5.69 Å². The van der Waals surface area contributed by atoms with Crippen LogP contribution in [0, 0.1) is 6.92 Å². The smallest absolute Gasteiger partial charge is 0.335 e. The molecule has 0 aliphatic carbocycles. The van der Waals surface area contributed by atoms with E-state index in [0.29, 0.717) is 10.3 Å². The summed E-state index contributed by atoms with van der Waals surface area (Å²) in [5.74, 6) is -0.681. The maximum absolute atomic E-state index is 12.1. The predicted molar refractivity (Wildman–Crippen MR) is 75.2 cm³/mol. The third-order valence-corrected chi connectivity index (χ3v) is 4.39. The molecular weight excluding hydrogens is 350 g/mol. The standard InChI is InChI=1S/C11H10BrN3O4S/c1-6-13-5-10(14-6)20(18,19)15-9-4-7(11(16)17)2-3-8(9)12/h2-5,15H,1H3,(H,13,14)(H,16,17). The van der Waals surface area contributed by atoms with Crippen molar-refractivity contribution in [3.8, 4) is 0 Å². The lowest BCUT2D eigenvalue weighted by molar-refractivity contribution is 0.0697. The Bertz CT molecular complexity index is 770. The van der Waals surface area contributed by atoms with E-state index in [1.165, 1.54) is 24.4 Å². The Hall–Kier alpha value is -1.87. The number of sulfonamides is 1. The van der Waals surface area contributed by atoms with Gasteiger partial charge in [0.25, 0.3) is 10.0 Å². The first-order chi connectivity index (χ1) is 9.29. The van der Waals surface area contributed by atoms with Crippen molar-refractivity contribution in [3.05, 3.63) is 40.3 Å². The second-order valence-electron chi connectivity index (χ2n) is 3.94. The highest BCUT2D eigenvalue weighted by Crippen LogP contribution is 2.26. The summed E-state index contributed by atoms with van der Waals surface area (Å²) in [5, 5.41) is 8.82. The van der Waals surface area contributed by atoms with Crippen molar-refractivity contribution in [1.82, 2.24) is 9.97 Å². The van der Waals surface area contributed by atoms with E-state index in [4.69, 9.17) is 5.11 Å². The van der Waals surface area contributed by atoms with E-state index in [1.807, 2.05) is 0 Å². The van der Waals surface area contributed by atoms with E-state index in [2.05, 4.69) is 30.6 Å². The van der Waals surface area contributed by atoms with Crippen molar-refractivity contribution in [3.63, 3.8) is 0 Å². The number of halogens is 1. The van der Waals surface area contributed by atoms with Crippen LogP contribution in [0.3, 0.4) is 0 Å². The molecule has 0 radical (unpaired) electrons. The first-order valence-electron chi connectivity index (χ1n) is 5.37. The quantitative estimate of drug-likeness (QED) is 0.772. The molecule has 3 N–H and O–H groups in total. The zero-order valence-electron chi connectivity index (χ0n) is 10.2. The highest BCUT2D eigenvalue weighted by molar-refractivity contribution is 9.10. The van der Waals surface area contributed by atoms with Gasteiger partial charge in [0.1, 0.15) is 5.82 Å². The van der Waals surface area contributed by atoms with Gasteiger partial charge in [-0.05, 0) is 41.1 Å². The molecule has 0 bridgehead atoms. The number of carbonyl (C=O) groups is 1. The van der Waals surface area contributed by atoms with Crippen molar-refractivity contribution >= 4 is 37.6 Å². The van der Waals surface area contributed by atoms with Crippen LogP contribution in [-0.4, -0.2) is 29.5 Å². The van der Waals surface area contributed by atoms with Crippen molar-refractivity contribution in [2.75, 3.05) is 4.72 Å². The Labute approximate surface area is 123 Å². The second kappa shape index (κ2) is 5.25. The van der Waals surface area contributed by atoms with E-state index >= 15 is 0 Å². The number of aromatic amines is 1. The number of aryl methyl sites for hydroxylation is 1. The van der Waals surface area contributed by atoms with Crippen molar-refractivity contribution in [1.29, 1.82) is 0 Å². The van der Waals surface area contributed by atoms with Gasteiger partial charge in [0.2, 0.25) is 0 Å². The van der Waals surface area contributed by atoms with Crippen LogP contribution in [0.25, 0.3) is 0 Å². The van der Waals surface area contributed by atoms with Gasteiger partial charge in [0.05, 0.1) is 17.4 Å². The number of H-pyrrole nitrogens is 1. The van der Waals surface area contributed by atoms with Gasteiger partial charge in [0.15, 0.2) is 5.03 Å². The lowest BCUT2D eigenvalue weighted by atomic mass is 10.2. The van der Waals surface area contributed by atoms with Crippen LogP contribution in [0.2, 0.25) is 0 Å². The molecular formula is C11H10BrN3O4S. The summed E-state index contributed by atoms with van der Waals surface area (Å²) in [5.41, 5.74) is 0.115. The maximum Gasteiger partial charge on any atom is 0.335 e. The van der Waals surface area contributed by atoms with Crippen molar-refractivity contribution < 1.29 is 18.3 Å². The van der Waals surface area contributed by atoms with Gasteiger partial charge >= 0.3 is 5.97 Å². The molecule has 0 aliphatic rings. The number of carboxylic acid groups (broad SMARTS) is 1. The SMILES string of the molecule is Cc1ncc(S(=O)(=O)Nc2cc(C(=O)O)ccc2Br)[nH]1. The minimum atomic E-state index is -3.85. The Morgan fingerprint density at radius 2 is 2.15 bits per heavy atom. The number of aromatic nitrogens is 2.